The van der Waals surface area contributed by atoms with Crippen LogP contribution in [0.5, 0.6) is 0 Å². The van der Waals surface area contributed by atoms with Gasteiger partial charge in [-0.1, -0.05) is 46.6 Å². The molecule has 5 aromatic rings. The Morgan fingerprint density at radius 2 is 1.74 bits per heavy atom. The molecule has 6 rings (SSSR count). The number of hydrogen-bond donors (Lipinski definition) is 3. The molecule has 8 nitrogen and oxygen atoms in total. The average molecular weight is 563 g/mol. The van der Waals surface area contributed by atoms with Gasteiger partial charge in [-0.3, -0.25) is 0 Å². The van der Waals surface area contributed by atoms with Crippen LogP contribution >= 0.6 is 23.2 Å². The minimum atomic E-state index is -0.483. The lowest BCUT2D eigenvalue weighted by atomic mass is 10.0. The molecule has 3 heterocycles. The third kappa shape index (κ3) is 5.66. The van der Waals surface area contributed by atoms with Crippen LogP contribution in [0.3, 0.4) is 0 Å². The summed E-state index contributed by atoms with van der Waals surface area (Å²) in [5, 5.41) is 30.1. The molecule has 1 saturated heterocycles. The molecule has 0 saturated carbocycles. The van der Waals surface area contributed by atoms with Gasteiger partial charge in [0, 0.05) is 27.2 Å². The Hall–Kier alpha value is -3.79. The second-order valence-corrected chi connectivity index (χ2v) is 10.3. The number of benzene rings is 3. The summed E-state index contributed by atoms with van der Waals surface area (Å²) in [6, 6.07) is 18.2. The molecular formula is C28H25Cl2FN8. The molecule has 1 atom stereocenters. The predicted octanol–water partition coefficient (Wildman–Crippen LogP) is 6.54. The maximum absolute atomic E-state index is 13.7. The zero-order valence-electron chi connectivity index (χ0n) is 20.8. The maximum Gasteiger partial charge on any atom is 0.161 e. The summed E-state index contributed by atoms with van der Waals surface area (Å²) >= 11 is 12.2. The molecule has 2 aromatic heterocycles. The Morgan fingerprint density at radius 1 is 0.949 bits per heavy atom. The van der Waals surface area contributed by atoms with Gasteiger partial charge in [-0.2, -0.15) is 5.10 Å². The van der Waals surface area contributed by atoms with Crippen molar-refractivity contribution in [2.45, 2.75) is 24.9 Å². The van der Waals surface area contributed by atoms with Crippen molar-refractivity contribution in [2.75, 3.05) is 23.7 Å². The molecule has 11 heteroatoms. The van der Waals surface area contributed by atoms with Crippen molar-refractivity contribution in [2.24, 2.45) is 0 Å². The molecule has 0 amide bonds. The van der Waals surface area contributed by atoms with Crippen LogP contribution in [0.15, 0.2) is 73.1 Å². The summed E-state index contributed by atoms with van der Waals surface area (Å²) in [6.45, 7) is 1.94. The van der Waals surface area contributed by atoms with Crippen molar-refractivity contribution in [1.82, 2.24) is 30.5 Å². The summed E-state index contributed by atoms with van der Waals surface area (Å²) in [6.07, 6.45) is 5.76. The molecule has 0 radical (unpaired) electrons. The number of nitrogens with one attached hydrogen (secondary N) is 3. The fraction of sp³-hybridized carbons (Fsp3) is 0.214. The van der Waals surface area contributed by atoms with E-state index in [-0.39, 0.29) is 11.1 Å². The van der Waals surface area contributed by atoms with Crippen LogP contribution in [0.1, 0.15) is 36.2 Å². The summed E-state index contributed by atoms with van der Waals surface area (Å²) in [5.41, 5.74) is 3.27. The van der Waals surface area contributed by atoms with Gasteiger partial charge >= 0.3 is 0 Å². The van der Waals surface area contributed by atoms with Crippen LogP contribution < -0.4 is 16.0 Å². The van der Waals surface area contributed by atoms with E-state index in [1.807, 2.05) is 53.3 Å². The number of nitrogens with zero attached hydrogens (tertiary/aromatic N) is 5. The summed E-state index contributed by atoms with van der Waals surface area (Å²) in [4.78, 5) is 0. The van der Waals surface area contributed by atoms with Crippen molar-refractivity contribution in [3.8, 4) is 0 Å². The number of anilines is 3. The first-order valence-corrected chi connectivity index (χ1v) is 13.4. The summed E-state index contributed by atoms with van der Waals surface area (Å²) in [5.74, 6) is 0.0433. The quantitative estimate of drug-likeness (QED) is 0.207. The molecule has 3 aromatic carbocycles. The second kappa shape index (κ2) is 11.1. The zero-order chi connectivity index (χ0) is 26.8. The Morgan fingerprint density at radius 3 is 2.54 bits per heavy atom. The topological polar surface area (TPSA) is 92.6 Å². The van der Waals surface area contributed by atoms with Gasteiger partial charge < -0.3 is 16.0 Å². The van der Waals surface area contributed by atoms with E-state index in [1.165, 1.54) is 12.1 Å². The van der Waals surface area contributed by atoms with Crippen LogP contribution in [0.4, 0.5) is 21.6 Å². The molecule has 1 fully saturated rings. The third-order valence-electron chi connectivity index (χ3n) is 6.87. The lowest BCUT2D eigenvalue weighted by Crippen LogP contribution is -2.29. The van der Waals surface area contributed by atoms with Gasteiger partial charge in [-0.15, -0.1) is 10.2 Å². The summed E-state index contributed by atoms with van der Waals surface area (Å²) < 4.78 is 15.6. The van der Waals surface area contributed by atoms with Crippen molar-refractivity contribution in [3.63, 3.8) is 0 Å². The molecule has 1 aliphatic rings. The van der Waals surface area contributed by atoms with Gasteiger partial charge in [-0.05, 0) is 74.0 Å². The van der Waals surface area contributed by atoms with Crippen molar-refractivity contribution < 1.29 is 4.39 Å². The lowest BCUT2D eigenvalue weighted by Gasteiger charge is -2.22. The molecule has 39 heavy (non-hydrogen) atoms. The first-order valence-electron chi connectivity index (χ1n) is 12.7. The first kappa shape index (κ1) is 25.5. The van der Waals surface area contributed by atoms with Crippen LogP contribution in [0.2, 0.25) is 10.0 Å². The molecule has 1 aliphatic heterocycles. The molecule has 0 aliphatic carbocycles. The number of aromatic nitrogens is 5. The van der Waals surface area contributed by atoms with E-state index < -0.39 is 5.82 Å². The lowest BCUT2D eigenvalue weighted by molar-refractivity contribution is 0.337. The number of rotatable bonds is 7. The first-order chi connectivity index (χ1) is 19.0. The smallest absolute Gasteiger partial charge is 0.161 e. The van der Waals surface area contributed by atoms with E-state index in [0.717, 1.165) is 53.6 Å². The van der Waals surface area contributed by atoms with E-state index in [9.17, 15) is 4.39 Å². The van der Waals surface area contributed by atoms with Gasteiger partial charge in [0.25, 0.3) is 0 Å². The van der Waals surface area contributed by atoms with Gasteiger partial charge in [0.15, 0.2) is 5.82 Å². The SMILES string of the molecule is Fc1ccc(Nc2nncc3ccc(N[C@@H](c4ccc(Cl)cc4)c4cn(C5CCNCC5)nn4)cc23)cc1Cl. The van der Waals surface area contributed by atoms with Gasteiger partial charge in [-0.25, -0.2) is 9.07 Å². The highest BCUT2D eigenvalue weighted by molar-refractivity contribution is 6.31. The monoisotopic (exact) mass is 562 g/mol. The fourth-order valence-corrected chi connectivity index (χ4v) is 5.10. The number of hydrogen-bond acceptors (Lipinski definition) is 7. The molecule has 3 N–H and O–H groups in total. The van der Waals surface area contributed by atoms with Crippen LogP contribution in [-0.4, -0.2) is 38.3 Å². The maximum atomic E-state index is 13.7. The predicted molar refractivity (Wildman–Crippen MR) is 152 cm³/mol. The molecular weight excluding hydrogens is 538 g/mol. The second-order valence-electron chi connectivity index (χ2n) is 9.48. The van der Waals surface area contributed by atoms with Crippen molar-refractivity contribution >= 4 is 51.2 Å². The summed E-state index contributed by atoms with van der Waals surface area (Å²) in [7, 11) is 0. The van der Waals surface area contributed by atoms with Crippen molar-refractivity contribution in [3.05, 3.63) is 100 Å². The Bertz CT molecular complexity index is 1600. The number of fused-ring (bicyclic) bond motifs is 1. The highest BCUT2D eigenvalue weighted by atomic mass is 35.5. The normalized spacial score (nSPS) is 14.8. The van der Waals surface area contributed by atoms with E-state index in [2.05, 4.69) is 36.5 Å². The van der Waals surface area contributed by atoms with E-state index in [4.69, 9.17) is 23.2 Å². The molecule has 0 spiro atoms. The van der Waals surface area contributed by atoms with Crippen LogP contribution in [-0.2, 0) is 0 Å². The van der Waals surface area contributed by atoms with E-state index >= 15 is 0 Å². The fourth-order valence-electron chi connectivity index (χ4n) is 4.79. The van der Waals surface area contributed by atoms with Crippen LogP contribution in [0, 0.1) is 5.82 Å². The Labute approximate surface area is 234 Å². The van der Waals surface area contributed by atoms with Crippen LogP contribution in [0.25, 0.3) is 10.8 Å². The van der Waals surface area contributed by atoms with Gasteiger partial charge in [0.1, 0.15) is 11.5 Å². The highest BCUT2D eigenvalue weighted by Crippen LogP contribution is 2.32. The standard InChI is InChI=1S/C28H25Cl2FN8/c29-19-4-1-17(2-5-19)27(26-16-39(38-36-26)22-9-11-32-12-10-22)34-20-6-3-18-15-33-37-28(23(18)13-20)35-21-7-8-25(31)24(30)14-21/h1-8,13-16,22,27,32,34H,9-12H2,(H,35,37)/t27-/m0/s1. The minimum absolute atomic E-state index is 0.0268. The number of piperidine rings is 1. The third-order valence-corrected chi connectivity index (χ3v) is 7.41. The largest absolute Gasteiger partial charge is 0.373 e. The Balaban J connectivity index is 1.34. The Kier molecular flexibility index (Phi) is 7.28. The minimum Gasteiger partial charge on any atom is -0.373 e. The molecule has 0 bridgehead atoms. The number of halogens is 3. The van der Waals surface area contributed by atoms with Gasteiger partial charge in [0.05, 0.1) is 29.5 Å². The van der Waals surface area contributed by atoms with Gasteiger partial charge in [0.2, 0.25) is 0 Å². The van der Waals surface area contributed by atoms with E-state index in [0.29, 0.717) is 22.6 Å². The van der Waals surface area contributed by atoms with Crippen molar-refractivity contribution in [1.29, 1.82) is 0 Å². The molecule has 198 valence electrons. The highest BCUT2D eigenvalue weighted by Gasteiger charge is 2.22. The molecule has 0 unspecified atom stereocenters. The average Bonchev–Trinajstić information content (AvgIpc) is 3.45. The zero-order valence-corrected chi connectivity index (χ0v) is 22.3. The van der Waals surface area contributed by atoms with E-state index in [1.54, 1.807) is 12.3 Å².